The van der Waals surface area contributed by atoms with Crippen LogP contribution in [0.3, 0.4) is 0 Å². The average Bonchev–Trinajstić information content (AvgIpc) is 2.55. The average molecular weight is 289 g/mol. The van der Waals surface area contributed by atoms with Crippen LogP contribution in [0.1, 0.15) is 37.7 Å². The predicted molar refractivity (Wildman–Crippen MR) is 80.8 cm³/mol. The molecule has 1 saturated heterocycles. The van der Waals surface area contributed by atoms with Crippen LogP contribution < -0.4 is 0 Å². The molecule has 0 radical (unpaired) electrons. The van der Waals surface area contributed by atoms with E-state index in [-0.39, 0.29) is 23.7 Å². The third kappa shape index (κ3) is 4.06. The quantitative estimate of drug-likeness (QED) is 0.800. The summed E-state index contributed by atoms with van der Waals surface area (Å²) in [5, 5.41) is 0. The van der Waals surface area contributed by atoms with Gasteiger partial charge in [0.1, 0.15) is 0 Å². The molecule has 0 bridgehead atoms. The molecule has 0 N–H and O–H groups in total. The fraction of sp³-hybridized carbons (Fsp3) is 0.529. The molecule has 0 aliphatic carbocycles. The molecule has 1 aromatic rings. The standard InChI is InChI=1S/C17H23NO3/c1-13(14-6-4-3-5-7-14)12-16(19)18-10-8-15(9-11-18)17(20)21-2/h3-7,13,15H,8-12H2,1-2H3/t13-/m0/s1. The molecule has 1 heterocycles. The fourth-order valence-corrected chi connectivity index (χ4v) is 2.82. The van der Waals surface area contributed by atoms with E-state index in [2.05, 4.69) is 19.1 Å². The van der Waals surface area contributed by atoms with Crippen molar-refractivity contribution in [1.29, 1.82) is 0 Å². The van der Waals surface area contributed by atoms with Gasteiger partial charge in [-0.2, -0.15) is 0 Å². The Morgan fingerprint density at radius 1 is 1.24 bits per heavy atom. The molecule has 1 fully saturated rings. The van der Waals surface area contributed by atoms with E-state index in [1.165, 1.54) is 12.7 Å². The first-order chi connectivity index (χ1) is 10.1. The molecule has 4 heteroatoms. The van der Waals surface area contributed by atoms with Gasteiger partial charge >= 0.3 is 5.97 Å². The number of amides is 1. The molecular weight excluding hydrogens is 266 g/mol. The lowest BCUT2D eigenvalue weighted by molar-refractivity contribution is -0.149. The Morgan fingerprint density at radius 2 is 1.86 bits per heavy atom. The van der Waals surface area contributed by atoms with E-state index in [0.29, 0.717) is 32.4 Å². The minimum atomic E-state index is -0.153. The second-order valence-electron chi connectivity index (χ2n) is 5.69. The molecule has 1 aliphatic rings. The molecule has 1 aromatic carbocycles. The monoisotopic (exact) mass is 289 g/mol. The predicted octanol–water partition coefficient (Wildman–Crippen LogP) is 2.59. The number of hydrogen-bond donors (Lipinski definition) is 0. The third-order valence-corrected chi connectivity index (χ3v) is 4.23. The highest BCUT2D eigenvalue weighted by molar-refractivity contribution is 5.78. The number of ether oxygens (including phenoxy) is 1. The number of rotatable bonds is 4. The highest BCUT2D eigenvalue weighted by atomic mass is 16.5. The van der Waals surface area contributed by atoms with Gasteiger partial charge < -0.3 is 9.64 Å². The van der Waals surface area contributed by atoms with Crippen LogP contribution in [0.4, 0.5) is 0 Å². The van der Waals surface area contributed by atoms with Crippen LogP contribution in [0.15, 0.2) is 30.3 Å². The Hall–Kier alpha value is -1.84. The van der Waals surface area contributed by atoms with Gasteiger partial charge in [0.15, 0.2) is 0 Å². The van der Waals surface area contributed by atoms with E-state index in [0.717, 1.165) is 0 Å². The van der Waals surface area contributed by atoms with E-state index in [9.17, 15) is 9.59 Å². The highest BCUT2D eigenvalue weighted by Crippen LogP contribution is 2.23. The van der Waals surface area contributed by atoms with Crippen molar-refractivity contribution in [3.8, 4) is 0 Å². The fourth-order valence-electron chi connectivity index (χ4n) is 2.82. The third-order valence-electron chi connectivity index (χ3n) is 4.23. The maximum absolute atomic E-state index is 12.3. The number of esters is 1. The van der Waals surface area contributed by atoms with Crippen LogP contribution in [0.25, 0.3) is 0 Å². The first-order valence-electron chi connectivity index (χ1n) is 7.52. The number of likely N-dealkylation sites (tertiary alicyclic amines) is 1. The van der Waals surface area contributed by atoms with E-state index >= 15 is 0 Å². The molecule has 21 heavy (non-hydrogen) atoms. The van der Waals surface area contributed by atoms with Crippen LogP contribution in [0, 0.1) is 5.92 Å². The minimum absolute atomic E-state index is 0.0504. The molecule has 114 valence electrons. The lowest BCUT2D eigenvalue weighted by Crippen LogP contribution is -2.40. The molecular formula is C17H23NO3. The van der Waals surface area contributed by atoms with Crippen molar-refractivity contribution in [2.75, 3.05) is 20.2 Å². The van der Waals surface area contributed by atoms with Gasteiger partial charge in [0.2, 0.25) is 5.91 Å². The number of hydrogen-bond acceptors (Lipinski definition) is 3. The lowest BCUT2D eigenvalue weighted by Gasteiger charge is -2.31. The Morgan fingerprint density at radius 3 is 2.43 bits per heavy atom. The summed E-state index contributed by atoms with van der Waals surface area (Å²) < 4.78 is 4.77. The molecule has 4 nitrogen and oxygen atoms in total. The largest absolute Gasteiger partial charge is 0.469 e. The zero-order chi connectivity index (χ0) is 15.2. The number of methoxy groups -OCH3 is 1. The lowest BCUT2D eigenvalue weighted by atomic mass is 9.94. The van der Waals surface area contributed by atoms with Gasteiger partial charge in [-0.1, -0.05) is 37.3 Å². The summed E-state index contributed by atoms with van der Waals surface area (Å²) in [5.74, 6) is 0.192. The van der Waals surface area contributed by atoms with Gasteiger partial charge in [-0.25, -0.2) is 0 Å². The molecule has 1 amide bonds. The smallest absolute Gasteiger partial charge is 0.308 e. The summed E-state index contributed by atoms with van der Waals surface area (Å²) in [6.07, 6.45) is 1.93. The minimum Gasteiger partial charge on any atom is -0.469 e. The highest BCUT2D eigenvalue weighted by Gasteiger charge is 2.28. The summed E-state index contributed by atoms with van der Waals surface area (Å²) in [5.41, 5.74) is 1.19. The van der Waals surface area contributed by atoms with Gasteiger partial charge in [-0.05, 0) is 24.3 Å². The Labute approximate surface area is 126 Å². The summed E-state index contributed by atoms with van der Waals surface area (Å²) in [6, 6.07) is 10.1. The SMILES string of the molecule is COC(=O)C1CCN(C(=O)C[C@H](C)c2ccccc2)CC1. The second kappa shape index (κ2) is 7.25. The van der Waals surface area contributed by atoms with Crippen molar-refractivity contribution < 1.29 is 14.3 Å². The summed E-state index contributed by atoms with van der Waals surface area (Å²) in [4.78, 5) is 25.7. The van der Waals surface area contributed by atoms with Crippen LogP contribution in [-0.4, -0.2) is 37.0 Å². The Balaban J connectivity index is 1.84. The summed E-state index contributed by atoms with van der Waals surface area (Å²) >= 11 is 0. The topological polar surface area (TPSA) is 46.6 Å². The van der Waals surface area contributed by atoms with Crippen molar-refractivity contribution >= 4 is 11.9 Å². The van der Waals surface area contributed by atoms with Crippen LogP contribution >= 0.6 is 0 Å². The Kier molecular flexibility index (Phi) is 5.37. The molecule has 2 rings (SSSR count). The first kappa shape index (κ1) is 15.5. The van der Waals surface area contributed by atoms with Gasteiger partial charge in [-0.15, -0.1) is 0 Å². The maximum atomic E-state index is 12.3. The van der Waals surface area contributed by atoms with Gasteiger partial charge in [-0.3, -0.25) is 9.59 Å². The number of benzene rings is 1. The molecule has 0 aromatic heterocycles. The van der Waals surface area contributed by atoms with E-state index in [4.69, 9.17) is 4.74 Å². The maximum Gasteiger partial charge on any atom is 0.308 e. The zero-order valence-corrected chi connectivity index (χ0v) is 12.7. The van der Waals surface area contributed by atoms with Gasteiger partial charge in [0.25, 0.3) is 0 Å². The van der Waals surface area contributed by atoms with Gasteiger partial charge in [0, 0.05) is 19.5 Å². The van der Waals surface area contributed by atoms with Crippen molar-refractivity contribution in [2.24, 2.45) is 5.92 Å². The number of nitrogens with zero attached hydrogens (tertiary/aromatic N) is 1. The zero-order valence-electron chi connectivity index (χ0n) is 12.7. The summed E-state index contributed by atoms with van der Waals surface area (Å²) in [7, 11) is 1.42. The van der Waals surface area contributed by atoms with Crippen molar-refractivity contribution in [3.63, 3.8) is 0 Å². The normalized spacial score (nSPS) is 17.3. The molecule has 1 atom stereocenters. The van der Waals surface area contributed by atoms with Crippen molar-refractivity contribution in [1.82, 2.24) is 4.90 Å². The van der Waals surface area contributed by atoms with E-state index in [1.54, 1.807) is 0 Å². The van der Waals surface area contributed by atoms with Crippen LogP contribution in [-0.2, 0) is 14.3 Å². The van der Waals surface area contributed by atoms with E-state index < -0.39 is 0 Å². The first-order valence-corrected chi connectivity index (χ1v) is 7.52. The molecule has 1 aliphatic heterocycles. The Bertz CT molecular complexity index is 478. The van der Waals surface area contributed by atoms with Crippen LogP contribution in [0.2, 0.25) is 0 Å². The number of piperidine rings is 1. The summed E-state index contributed by atoms with van der Waals surface area (Å²) in [6.45, 7) is 3.38. The van der Waals surface area contributed by atoms with Crippen molar-refractivity contribution in [2.45, 2.75) is 32.1 Å². The van der Waals surface area contributed by atoms with E-state index in [1.807, 2.05) is 23.1 Å². The molecule has 0 unspecified atom stereocenters. The number of carbonyl (C=O) groups excluding carboxylic acids is 2. The molecule has 0 saturated carbocycles. The molecule has 0 spiro atoms. The second-order valence-corrected chi connectivity index (χ2v) is 5.69. The van der Waals surface area contributed by atoms with Crippen molar-refractivity contribution in [3.05, 3.63) is 35.9 Å². The van der Waals surface area contributed by atoms with Gasteiger partial charge in [0.05, 0.1) is 13.0 Å². The van der Waals surface area contributed by atoms with Crippen LogP contribution in [0.5, 0.6) is 0 Å². The number of carbonyl (C=O) groups is 2.